The van der Waals surface area contributed by atoms with E-state index >= 15 is 0 Å². The van der Waals surface area contributed by atoms with Gasteiger partial charge in [-0.2, -0.15) is 0 Å². The molecule has 0 aliphatic carbocycles. The molecule has 2 heterocycles. The van der Waals surface area contributed by atoms with Gasteiger partial charge < -0.3 is 9.88 Å². The first-order valence-electron chi connectivity index (χ1n) is 9.77. The van der Waals surface area contributed by atoms with Crippen molar-refractivity contribution in [1.29, 1.82) is 0 Å². The molecule has 1 amide bonds. The van der Waals surface area contributed by atoms with Gasteiger partial charge >= 0.3 is 0 Å². The number of aromatic amines is 1. The van der Waals surface area contributed by atoms with E-state index in [1.807, 2.05) is 48.2 Å². The first kappa shape index (κ1) is 18.8. The number of carbonyl (C=O) groups is 1. The van der Waals surface area contributed by atoms with Crippen LogP contribution in [-0.4, -0.2) is 33.1 Å². The maximum absolute atomic E-state index is 12.8. The summed E-state index contributed by atoms with van der Waals surface area (Å²) in [6.07, 6.45) is 2.92. The highest BCUT2D eigenvalue weighted by Crippen LogP contribution is 2.32. The van der Waals surface area contributed by atoms with Crippen LogP contribution >= 0.6 is 11.8 Å². The largest absolute Gasteiger partial charge is 0.337 e. The first-order chi connectivity index (χ1) is 13.7. The minimum absolute atomic E-state index is 0.190. The van der Waals surface area contributed by atoms with Crippen molar-refractivity contribution in [3.05, 3.63) is 83.2 Å². The van der Waals surface area contributed by atoms with E-state index in [-0.39, 0.29) is 11.9 Å². The number of benzene rings is 2. The summed E-state index contributed by atoms with van der Waals surface area (Å²) in [6.45, 7) is 2.89. The van der Waals surface area contributed by atoms with Crippen molar-refractivity contribution < 1.29 is 4.79 Å². The molecule has 0 unspecified atom stereocenters. The fourth-order valence-corrected chi connectivity index (χ4v) is 4.62. The SMILES string of the molecule is Cc1[nH]c(SCC(=O)N2CCC[C@H]2c2ccccc2)nc1Cc1ccccc1. The molecule has 4 nitrogen and oxygen atoms in total. The molecule has 28 heavy (non-hydrogen) atoms. The van der Waals surface area contributed by atoms with Crippen molar-refractivity contribution >= 4 is 17.7 Å². The monoisotopic (exact) mass is 391 g/mol. The van der Waals surface area contributed by atoms with Crippen molar-refractivity contribution in [2.24, 2.45) is 0 Å². The molecular weight excluding hydrogens is 366 g/mol. The van der Waals surface area contributed by atoms with Crippen LogP contribution in [-0.2, 0) is 11.2 Å². The average Bonchev–Trinajstić information content (AvgIpc) is 3.35. The molecule has 1 atom stereocenters. The normalized spacial score (nSPS) is 16.5. The molecule has 144 valence electrons. The molecule has 0 spiro atoms. The fraction of sp³-hybridized carbons (Fsp3) is 0.304. The van der Waals surface area contributed by atoms with Gasteiger partial charge in [0.15, 0.2) is 5.16 Å². The Balaban J connectivity index is 1.38. The Morgan fingerprint density at radius 2 is 1.86 bits per heavy atom. The van der Waals surface area contributed by atoms with Crippen LogP contribution in [0.3, 0.4) is 0 Å². The van der Waals surface area contributed by atoms with E-state index in [2.05, 4.69) is 29.2 Å². The van der Waals surface area contributed by atoms with Gasteiger partial charge in [0.05, 0.1) is 17.5 Å². The second-order valence-corrected chi connectivity index (χ2v) is 8.18. The van der Waals surface area contributed by atoms with E-state index in [1.54, 1.807) is 0 Å². The lowest BCUT2D eigenvalue weighted by molar-refractivity contribution is -0.129. The van der Waals surface area contributed by atoms with Crippen LogP contribution in [0, 0.1) is 6.92 Å². The number of aromatic nitrogens is 2. The predicted octanol–water partition coefficient (Wildman–Crippen LogP) is 4.76. The Hall–Kier alpha value is -2.53. The van der Waals surface area contributed by atoms with E-state index < -0.39 is 0 Å². The van der Waals surface area contributed by atoms with Crippen molar-refractivity contribution in [3.8, 4) is 0 Å². The number of rotatable bonds is 6. The summed E-state index contributed by atoms with van der Waals surface area (Å²) in [7, 11) is 0. The molecule has 3 aromatic rings. The highest BCUT2D eigenvalue weighted by molar-refractivity contribution is 7.99. The molecule has 0 bridgehead atoms. The maximum Gasteiger partial charge on any atom is 0.233 e. The Morgan fingerprint density at radius 3 is 2.61 bits per heavy atom. The van der Waals surface area contributed by atoms with Crippen LogP contribution in [0.2, 0.25) is 0 Å². The van der Waals surface area contributed by atoms with Gasteiger partial charge in [0.2, 0.25) is 5.91 Å². The van der Waals surface area contributed by atoms with E-state index in [1.165, 1.54) is 22.9 Å². The minimum Gasteiger partial charge on any atom is -0.337 e. The quantitative estimate of drug-likeness (QED) is 0.616. The second-order valence-electron chi connectivity index (χ2n) is 7.22. The van der Waals surface area contributed by atoms with Gasteiger partial charge in [0.25, 0.3) is 0 Å². The number of thioether (sulfide) groups is 1. The maximum atomic E-state index is 12.8. The lowest BCUT2D eigenvalue weighted by Crippen LogP contribution is -2.31. The molecule has 5 heteroatoms. The number of likely N-dealkylation sites (tertiary alicyclic amines) is 1. The molecule has 1 aromatic heterocycles. The minimum atomic E-state index is 0.190. The predicted molar refractivity (Wildman–Crippen MR) is 113 cm³/mol. The van der Waals surface area contributed by atoms with Gasteiger partial charge in [-0.25, -0.2) is 4.98 Å². The third-order valence-electron chi connectivity index (χ3n) is 5.27. The highest BCUT2D eigenvalue weighted by Gasteiger charge is 2.29. The molecule has 4 rings (SSSR count). The van der Waals surface area contributed by atoms with E-state index in [9.17, 15) is 4.79 Å². The van der Waals surface area contributed by atoms with E-state index in [0.717, 1.165) is 42.4 Å². The van der Waals surface area contributed by atoms with Crippen molar-refractivity contribution in [3.63, 3.8) is 0 Å². The summed E-state index contributed by atoms with van der Waals surface area (Å²) in [5.41, 5.74) is 4.59. The van der Waals surface area contributed by atoms with Gasteiger partial charge in [-0.15, -0.1) is 0 Å². The fourth-order valence-electron chi connectivity index (χ4n) is 3.80. The summed E-state index contributed by atoms with van der Waals surface area (Å²) in [6, 6.07) is 20.9. The smallest absolute Gasteiger partial charge is 0.233 e. The number of hydrogen-bond donors (Lipinski definition) is 1. The molecule has 1 saturated heterocycles. The van der Waals surface area contributed by atoms with Crippen LogP contribution in [0.5, 0.6) is 0 Å². The summed E-state index contributed by atoms with van der Waals surface area (Å²) < 4.78 is 0. The van der Waals surface area contributed by atoms with Crippen LogP contribution in [0.4, 0.5) is 0 Å². The number of nitrogens with one attached hydrogen (secondary N) is 1. The van der Waals surface area contributed by atoms with Crippen molar-refractivity contribution in [2.45, 2.75) is 37.4 Å². The number of hydrogen-bond acceptors (Lipinski definition) is 3. The Kier molecular flexibility index (Phi) is 5.81. The second kappa shape index (κ2) is 8.65. The van der Waals surface area contributed by atoms with Crippen LogP contribution in [0.1, 0.15) is 41.4 Å². The van der Waals surface area contributed by atoms with Crippen LogP contribution in [0.25, 0.3) is 0 Å². The van der Waals surface area contributed by atoms with Crippen molar-refractivity contribution in [2.75, 3.05) is 12.3 Å². The van der Waals surface area contributed by atoms with E-state index in [0.29, 0.717) is 5.75 Å². The molecule has 0 saturated carbocycles. The number of carbonyl (C=O) groups excluding carboxylic acids is 1. The highest BCUT2D eigenvalue weighted by atomic mass is 32.2. The van der Waals surface area contributed by atoms with Gasteiger partial charge in [0.1, 0.15) is 0 Å². The lowest BCUT2D eigenvalue weighted by Gasteiger charge is -2.24. The van der Waals surface area contributed by atoms with Gasteiger partial charge in [-0.05, 0) is 30.9 Å². The summed E-state index contributed by atoms with van der Waals surface area (Å²) in [4.78, 5) is 22.9. The third-order valence-corrected chi connectivity index (χ3v) is 6.13. The van der Waals surface area contributed by atoms with Gasteiger partial charge in [0, 0.05) is 18.7 Å². The van der Waals surface area contributed by atoms with Crippen molar-refractivity contribution in [1.82, 2.24) is 14.9 Å². The molecular formula is C23H25N3OS. The van der Waals surface area contributed by atoms with E-state index in [4.69, 9.17) is 4.98 Å². The number of nitrogens with zero attached hydrogens (tertiary/aromatic N) is 2. The number of aryl methyl sites for hydroxylation is 1. The van der Waals surface area contributed by atoms with Crippen LogP contribution < -0.4 is 0 Å². The topological polar surface area (TPSA) is 49.0 Å². The summed E-state index contributed by atoms with van der Waals surface area (Å²) in [5, 5.41) is 0.826. The average molecular weight is 392 g/mol. The number of imidazole rings is 1. The lowest BCUT2D eigenvalue weighted by atomic mass is 10.0. The Morgan fingerprint density at radius 1 is 1.14 bits per heavy atom. The molecule has 1 N–H and O–H groups in total. The third kappa shape index (κ3) is 4.30. The number of amides is 1. The zero-order valence-electron chi connectivity index (χ0n) is 16.1. The summed E-state index contributed by atoms with van der Waals surface area (Å²) >= 11 is 1.50. The molecule has 1 aliphatic heterocycles. The standard InChI is InChI=1S/C23H25N3OS/c1-17-20(15-18-9-4-2-5-10-18)25-23(24-17)28-16-22(27)26-14-8-13-21(26)19-11-6-3-7-12-19/h2-7,9-12,21H,8,13-16H2,1H3,(H,24,25)/t21-/m0/s1. The zero-order valence-corrected chi connectivity index (χ0v) is 16.9. The van der Waals surface area contributed by atoms with Crippen LogP contribution in [0.15, 0.2) is 65.8 Å². The Labute approximate surface area is 170 Å². The summed E-state index contributed by atoms with van der Waals surface area (Å²) in [5.74, 6) is 0.608. The molecule has 1 aliphatic rings. The van der Waals surface area contributed by atoms with Gasteiger partial charge in [-0.1, -0.05) is 72.4 Å². The molecule has 2 aromatic carbocycles. The first-order valence-corrected chi connectivity index (χ1v) is 10.8. The van der Waals surface area contributed by atoms with Gasteiger partial charge in [-0.3, -0.25) is 4.79 Å². The zero-order chi connectivity index (χ0) is 19.3. The molecule has 0 radical (unpaired) electrons. The molecule has 1 fully saturated rings. The number of H-pyrrole nitrogens is 1. The Bertz CT molecular complexity index is 924.